The molecule has 2 rings (SSSR count). The molecular weight excluding hydrogens is 311 g/mol. The van der Waals surface area contributed by atoms with Gasteiger partial charge in [-0.1, -0.05) is 34.8 Å². The number of hydrogen-bond donors (Lipinski definition) is 2. The molecule has 2 N–H and O–H groups in total. The van der Waals surface area contributed by atoms with Crippen LogP contribution in [0, 0.1) is 5.92 Å². The number of carbonyl (C=O) groups is 1. The second-order valence-electron chi connectivity index (χ2n) is 4.54. The number of rotatable bonds is 4. The lowest BCUT2D eigenvalue weighted by Crippen LogP contribution is -2.51. The van der Waals surface area contributed by atoms with E-state index in [2.05, 4.69) is 5.32 Å². The minimum Gasteiger partial charge on any atom is -0.396 e. The lowest BCUT2D eigenvalue weighted by atomic mass is 10.0. The van der Waals surface area contributed by atoms with Gasteiger partial charge in [-0.15, -0.1) is 0 Å². The summed E-state index contributed by atoms with van der Waals surface area (Å²) in [4.78, 5) is 13.8. The Balaban J connectivity index is 1.91. The van der Waals surface area contributed by atoms with Gasteiger partial charge in [-0.05, 0) is 12.1 Å². The van der Waals surface area contributed by atoms with E-state index in [0.29, 0.717) is 20.8 Å². The van der Waals surface area contributed by atoms with Crippen LogP contribution in [0.25, 0.3) is 0 Å². The molecule has 1 aliphatic heterocycles. The van der Waals surface area contributed by atoms with E-state index in [-0.39, 0.29) is 25.0 Å². The number of benzene rings is 1. The van der Waals surface area contributed by atoms with E-state index >= 15 is 0 Å². The SMILES string of the molecule is O=C(CN1CC(CO)C1)Nc1cc(Cl)c(Cl)cc1Cl. The fourth-order valence-corrected chi connectivity index (χ4v) is 2.53. The van der Waals surface area contributed by atoms with Crippen LogP contribution in [0.1, 0.15) is 0 Å². The van der Waals surface area contributed by atoms with Gasteiger partial charge >= 0.3 is 0 Å². The normalized spacial score (nSPS) is 16.2. The molecule has 0 unspecified atom stereocenters. The Morgan fingerprint density at radius 3 is 2.53 bits per heavy atom. The third-order valence-electron chi connectivity index (χ3n) is 2.94. The van der Waals surface area contributed by atoms with Gasteiger partial charge in [0.15, 0.2) is 0 Å². The highest BCUT2D eigenvalue weighted by atomic mass is 35.5. The Morgan fingerprint density at radius 1 is 1.26 bits per heavy atom. The van der Waals surface area contributed by atoms with E-state index in [0.717, 1.165) is 13.1 Å². The highest BCUT2D eigenvalue weighted by Crippen LogP contribution is 2.32. The van der Waals surface area contributed by atoms with Gasteiger partial charge < -0.3 is 10.4 Å². The number of likely N-dealkylation sites (tertiary alicyclic amines) is 1. The Hall–Kier alpha value is -0.520. The summed E-state index contributed by atoms with van der Waals surface area (Å²) in [5.74, 6) is 0.109. The fourth-order valence-electron chi connectivity index (χ4n) is 1.93. The summed E-state index contributed by atoms with van der Waals surface area (Å²) in [6.07, 6.45) is 0. The summed E-state index contributed by atoms with van der Waals surface area (Å²) in [5, 5.41) is 12.6. The molecule has 1 aromatic carbocycles. The Kier molecular flexibility index (Phi) is 4.92. The maximum atomic E-state index is 11.8. The number of nitrogens with zero attached hydrogens (tertiary/aromatic N) is 1. The van der Waals surface area contributed by atoms with Crippen molar-refractivity contribution in [3.8, 4) is 0 Å². The lowest BCUT2D eigenvalue weighted by Gasteiger charge is -2.37. The third-order valence-corrected chi connectivity index (χ3v) is 3.98. The molecule has 7 heteroatoms. The first-order valence-corrected chi connectivity index (χ1v) is 6.90. The lowest BCUT2D eigenvalue weighted by molar-refractivity contribution is -0.119. The van der Waals surface area contributed by atoms with Crippen LogP contribution in [-0.4, -0.2) is 42.2 Å². The van der Waals surface area contributed by atoms with Gasteiger partial charge in [0.25, 0.3) is 0 Å². The molecular formula is C12H13Cl3N2O2. The Labute approximate surface area is 126 Å². The summed E-state index contributed by atoms with van der Waals surface area (Å²) in [5.41, 5.74) is 0.445. The summed E-state index contributed by atoms with van der Waals surface area (Å²) >= 11 is 17.7. The van der Waals surface area contributed by atoms with Crippen molar-refractivity contribution in [1.82, 2.24) is 4.90 Å². The van der Waals surface area contributed by atoms with Crippen molar-refractivity contribution in [1.29, 1.82) is 0 Å². The highest BCUT2D eigenvalue weighted by Gasteiger charge is 2.27. The fraction of sp³-hybridized carbons (Fsp3) is 0.417. The molecule has 1 saturated heterocycles. The molecule has 4 nitrogen and oxygen atoms in total. The minimum absolute atomic E-state index is 0.163. The van der Waals surface area contributed by atoms with Gasteiger partial charge in [-0.25, -0.2) is 0 Å². The van der Waals surface area contributed by atoms with Crippen LogP contribution in [0.3, 0.4) is 0 Å². The van der Waals surface area contributed by atoms with Gasteiger partial charge in [0, 0.05) is 25.6 Å². The smallest absolute Gasteiger partial charge is 0.238 e. The number of anilines is 1. The van der Waals surface area contributed by atoms with E-state index in [9.17, 15) is 4.79 Å². The zero-order chi connectivity index (χ0) is 14.0. The van der Waals surface area contributed by atoms with Crippen molar-refractivity contribution in [2.75, 3.05) is 31.6 Å². The summed E-state index contributed by atoms with van der Waals surface area (Å²) in [6, 6.07) is 3.02. The molecule has 0 aliphatic carbocycles. The molecule has 1 fully saturated rings. The van der Waals surface area contributed by atoms with Crippen LogP contribution < -0.4 is 5.32 Å². The maximum absolute atomic E-state index is 11.8. The van der Waals surface area contributed by atoms with E-state index in [1.54, 1.807) is 0 Å². The number of carbonyl (C=O) groups excluding carboxylic acids is 1. The largest absolute Gasteiger partial charge is 0.396 e. The molecule has 19 heavy (non-hydrogen) atoms. The number of nitrogens with one attached hydrogen (secondary N) is 1. The average molecular weight is 324 g/mol. The quantitative estimate of drug-likeness (QED) is 0.837. The Morgan fingerprint density at radius 2 is 1.89 bits per heavy atom. The topological polar surface area (TPSA) is 52.6 Å². The monoisotopic (exact) mass is 322 g/mol. The van der Waals surface area contributed by atoms with Crippen molar-refractivity contribution in [2.45, 2.75) is 0 Å². The average Bonchev–Trinajstić information content (AvgIpc) is 2.30. The number of hydrogen-bond acceptors (Lipinski definition) is 3. The van der Waals surface area contributed by atoms with Crippen molar-refractivity contribution >= 4 is 46.4 Å². The molecule has 1 heterocycles. The van der Waals surface area contributed by atoms with Crippen LogP contribution in [-0.2, 0) is 4.79 Å². The minimum atomic E-state index is -0.170. The second kappa shape index (κ2) is 6.29. The zero-order valence-electron chi connectivity index (χ0n) is 10.00. The van der Waals surface area contributed by atoms with Crippen molar-refractivity contribution < 1.29 is 9.90 Å². The molecule has 0 saturated carbocycles. The molecule has 104 valence electrons. The molecule has 1 amide bonds. The second-order valence-corrected chi connectivity index (χ2v) is 5.76. The van der Waals surface area contributed by atoms with E-state index in [1.165, 1.54) is 12.1 Å². The number of halogens is 3. The third kappa shape index (κ3) is 3.74. The first-order chi connectivity index (χ1) is 8.99. The van der Waals surface area contributed by atoms with Crippen molar-refractivity contribution in [3.63, 3.8) is 0 Å². The number of aliphatic hydroxyl groups is 1. The van der Waals surface area contributed by atoms with Gasteiger partial charge in [0.05, 0.1) is 27.3 Å². The predicted molar refractivity (Wildman–Crippen MR) is 77.1 cm³/mol. The van der Waals surface area contributed by atoms with Crippen LogP contribution in [0.5, 0.6) is 0 Å². The molecule has 0 aromatic heterocycles. The predicted octanol–water partition coefficient (Wildman–Crippen LogP) is 2.51. The first kappa shape index (κ1) is 14.9. The number of amides is 1. The molecule has 0 radical (unpaired) electrons. The summed E-state index contributed by atoms with van der Waals surface area (Å²) in [6.45, 7) is 1.90. The van der Waals surface area contributed by atoms with E-state index in [1.807, 2.05) is 4.90 Å². The Bertz CT molecular complexity index is 490. The van der Waals surface area contributed by atoms with Gasteiger partial charge in [-0.3, -0.25) is 9.69 Å². The first-order valence-electron chi connectivity index (χ1n) is 5.77. The summed E-state index contributed by atoms with van der Waals surface area (Å²) in [7, 11) is 0. The van der Waals surface area contributed by atoms with Crippen molar-refractivity contribution in [2.24, 2.45) is 5.92 Å². The highest BCUT2D eigenvalue weighted by molar-refractivity contribution is 6.44. The van der Waals surface area contributed by atoms with E-state index < -0.39 is 0 Å². The number of aliphatic hydroxyl groups excluding tert-OH is 1. The zero-order valence-corrected chi connectivity index (χ0v) is 12.3. The molecule has 0 bridgehead atoms. The van der Waals surface area contributed by atoms with Crippen LogP contribution in [0.15, 0.2) is 12.1 Å². The van der Waals surface area contributed by atoms with Crippen molar-refractivity contribution in [3.05, 3.63) is 27.2 Å². The van der Waals surface area contributed by atoms with Gasteiger partial charge in [-0.2, -0.15) is 0 Å². The van der Waals surface area contributed by atoms with Crippen LogP contribution >= 0.6 is 34.8 Å². The standard InChI is InChI=1S/C12H13Cl3N2O2/c13-8-1-10(15)11(2-9(8)14)16-12(19)5-17-3-7(4-17)6-18/h1-2,7,18H,3-6H2,(H,16,19). The van der Waals surface area contributed by atoms with Gasteiger partial charge in [0.2, 0.25) is 5.91 Å². The van der Waals surface area contributed by atoms with Gasteiger partial charge in [0.1, 0.15) is 0 Å². The molecule has 0 spiro atoms. The van der Waals surface area contributed by atoms with Crippen LogP contribution in [0.4, 0.5) is 5.69 Å². The maximum Gasteiger partial charge on any atom is 0.238 e. The summed E-state index contributed by atoms with van der Waals surface area (Å²) < 4.78 is 0. The molecule has 1 aliphatic rings. The molecule has 0 atom stereocenters. The van der Waals surface area contributed by atoms with Crippen LogP contribution in [0.2, 0.25) is 15.1 Å². The van der Waals surface area contributed by atoms with E-state index in [4.69, 9.17) is 39.9 Å². The molecule has 1 aromatic rings.